The Balaban J connectivity index is 1.38. The minimum atomic E-state index is -3.15. The molecule has 0 amide bonds. The Morgan fingerprint density at radius 2 is 1.61 bits per heavy atom. The molecule has 0 atom stereocenters. The maximum atomic E-state index is 13.0. The van der Waals surface area contributed by atoms with Crippen molar-refractivity contribution in [1.29, 1.82) is 0 Å². The van der Waals surface area contributed by atoms with Crippen molar-refractivity contribution in [2.45, 2.75) is 63.7 Å². The summed E-state index contributed by atoms with van der Waals surface area (Å²) in [5, 5.41) is 5.79. The number of hydrogen-bond donors (Lipinski definition) is 1. The summed E-state index contributed by atoms with van der Waals surface area (Å²) in [5.74, 6) is 0. The molecule has 1 saturated carbocycles. The molecule has 1 aliphatic carbocycles. The van der Waals surface area contributed by atoms with Crippen LogP contribution in [0.1, 0.15) is 49.9 Å². The fourth-order valence-corrected chi connectivity index (χ4v) is 7.43. The van der Waals surface area contributed by atoms with Crippen molar-refractivity contribution in [2.24, 2.45) is 0 Å². The van der Waals surface area contributed by atoms with Gasteiger partial charge in [0.05, 0.1) is 5.25 Å². The van der Waals surface area contributed by atoms with E-state index in [4.69, 9.17) is 0 Å². The molecule has 33 heavy (non-hydrogen) atoms. The maximum absolute atomic E-state index is 13.0. The molecule has 7 heteroatoms. The molecular weight excluding hydrogens is 432 g/mol. The Bertz CT molecular complexity index is 1240. The molecule has 5 rings (SSSR count). The molecule has 0 radical (unpaired) electrons. The molecule has 1 saturated heterocycles. The fraction of sp³-hybridized carbons (Fsp3) is 0.462. The SMILES string of the molecule is Cc1cc(-c2cc(NC3CCN(S(=O)(=O)C4CCCC4)CC3)c3cnccc3c2)cc(C)n1. The summed E-state index contributed by atoms with van der Waals surface area (Å²) in [6.07, 6.45) is 9.07. The van der Waals surface area contributed by atoms with Gasteiger partial charge in [-0.1, -0.05) is 12.8 Å². The lowest BCUT2D eigenvalue weighted by Gasteiger charge is -2.34. The Hall–Kier alpha value is -2.51. The van der Waals surface area contributed by atoms with Crippen LogP contribution >= 0.6 is 0 Å². The molecule has 0 unspecified atom stereocenters. The predicted octanol–water partition coefficient (Wildman–Crippen LogP) is 5.06. The third-order valence-electron chi connectivity index (χ3n) is 7.07. The normalized spacial score (nSPS) is 18.7. The monoisotopic (exact) mass is 464 g/mol. The largest absolute Gasteiger partial charge is 0.382 e. The molecule has 6 nitrogen and oxygen atoms in total. The number of hydrogen-bond acceptors (Lipinski definition) is 5. The van der Waals surface area contributed by atoms with E-state index in [9.17, 15) is 8.42 Å². The molecular formula is C26H32N4O2S. The van der Waals surface area contributed by atoms with Crippen molar-refractivity contribution >= 4 is 26.5 Å². The van der Waals surface area contributed by atoms with Gasteiger partial charge >= 0.3 is 0 Å². The molecule has 3 aromatic rings. The second-order valence-electron chi connectivity index (χ2n) is 9.53. The first-order valence-electron chi connectivity index (χ1n) is 12.0. The Labute approximate surface area is 196 Å². The summed E-state index contributed by atoms with van der Waals surface area (Å²) in [6.45, 7) is 5.23. The molecule has 0 spiro atoms. The van der Waals surface area contributed by atoms with E-state index < -0.39 is 10.0 Å². The van der Waals surface area contributed by atoms with E-state index >= 15 is 0 Å². The van der Waals surface area contributed by atoms with Gasteiger partial charge in [0.15, 0.2) is 0 Å². The molecule has 2 fully saturated rings. The van der Waals surface area contributed by atoms with Crippen molar-refractivity contribution in [3.05, 3.63) is 54.1 Å². The van der Waals surface area contributed by atoms with Crippen LogP contribution in [0.2, 0.25) is 0 Å². The van der Waals surface area contributed by atoms with E-state index in [1.165, 1.54) is 0 Å². The fourth-order valence-electron chi connectivity index (χ4n) is 5.36. The van der Waals surface area contributed by atoms with Crippen molar-refractivity contribution in [2.75, 3.05) is 18.4 Å². The summed E-state index contributed by atoms with van der Waals surface area (Å²) in [6, 6.07) is 10.9. The molecule has 174 valence electrons. The number of pyridine rings is 2. The van der Waals surface area contributed by atoms with E-state index in [0.717, 1.165) is 77.5 Å². The van der Waals surface area contributed by atoms with Crippen LogP contribution in [0.3, 0.4) is 0 Å². The standard InChI is InChI=1S/C26H32N4O2S/c1-18-13-21(14-19(2)28-18)22-15-20-7-10-27-17-25(20)26(16-22)29-23-8-11-30(12-9-23)33(31,32)24-5-3-4-6-24/h7,10,13-17,23-24,29H,3-6,8-9,11-12H2,1-2H3. The van der Waals surface area contributed by atoms with E-state index in [2.05, 4.69) is 39.6 Å². The first-order chi connectivity index (χ1) is 15.9. The highest BCUT2D eigenvalue weighted by Gasteiger charge is 2.36. The topological polar surface area (TPSA) is 75.2 Å². The van der Waals surface area contributed by atoms with E-state index in [1.807, 2.05) is 32.3 Å². The highest BCUT2D eigenvalue weighted by molar-refractivity contribution is 7.89. The summed E-state index contributed by atoms with van der Waals surface area (Å²) >= 11 is 0. The van der Waals surface area contributed by atoms with Crippen molar-refractivity contribution < 1.29 is 8.42 Å². The Morgan fingerprint density at radius 3 is 2.30 bits per heavy atom. The Kier molecular flexibility index (Phi) is 6.10. The van der Waals surface area contributed by atoms with Gasteiger partial charge in [-0.25, -0.2) is 12.7 Å². The molecule has 1 N–H and O–H groups in total. The van der Waals surface area contributed by atoms with Gasteiger partial charge in [-0.3, -0.25) is 9.97 Å². The zero-order chi connectivity index (χ0) is 23.0. The number of benzene rings is 1. The summed E-state index contributed by atoms with van der Waals surface area (Å²) in [7, 11) is -3.15. The summed E-state index contributed by atoms with van der Waals surface area (Å²) < 4.78 is 27.7. The number of aryl methyl sites for hydroxylation is 2. The van der Waals surface area contributed by atoms with Gasteiger partial charge in [0.1, 0.15) is 0 Å². The average Bonchev–Trinajstić information content (AvgIpc) is 3.35. The summed E-state index contributed by atoms with van der Waals surface area (Å²) in [5.41, 5.74) is 5.36. The number of aromatic nitrogens is 2. The van der Waals surface area contributed by atoms with Crippen LogP contribution in [-0.2, 0) is 10.0 Å². The van der Waals surface area contributed by atoms with Gasteiger partial charge in [-0.15, -0.1) is 0 Å². The zero-order valence-electron chi connectivity index (χ0n) is 19.4. The van der Waals surface area contributed by atoms with Crippen LogP contribution in [-0.4, -0.2) is 47.1 Å². The second kappa shape index (κ2) is 9.03. The quantitative estimate of drug-likeness (QED) is 0.571. The maximum Gasteiger partial charge on any atom is 0.216 e. The minimum absolute atomic E-state index is 0.166. The van der Waals surface area contributed by atoms with E-state index in [-0.39, 0.29) is 11.3 Å². The smallest absolute Gasteiger partial charge is 0.216 e. The van der Waals surface area contributed by atoms with Crippen LogP contribution in [0.25, 0.3) is 21.9 Å². The lowest BCUT2D eigenvalue weighted by atomic mass is 9.99. The number of sulfonamides is 1. The number of nitrogens with one attached hydrogen (secondary N) is 1. The third-order valence-corrected chi connectivity index (χ3v) is 9.47. The van der Waals surface area contributed by atoms with Gasteiger partial charge in [0.25, 0.3) is 0 Å². The van der Waals surface area contributed by atoms with Gasteiger partial charge in [-0.2, -0.15) is 0 Å². The highest BCUT2D eigenvalue weighted by Crippen LogP contribution is 2.33. The Morgan fingerprint density at radius 1 is 0.939 bits per heavy atom. The molecule has 2 aliphatic rings. The lowest BCUT2D eigenvalue weighted by Crippen LogP contribution is -2.45. The number of anilines is 1. The van der Waals surface area contributed by atoms with Gasteiger partial charge in [-0.05, 0) is 86.4 Å². The van der Waals surface area contributed by atoms with Crippen LogP contribution in [0.5, 0.6) is 0 Å². The first-order valence-corrected chi connectivity index (χ1v) is 13.5. The van der Waals surface area contributed by atoms with Crippen molar-refractivity contribution in [3.63, 3.8) is 0 Å². The van der Waals surface area contributed by atoms with Crippen molar-refractivity contribution in [3.8, 4) is 11.1 Å². The van der Waals surface area contributed by atoms with Crippen LogP contribution in [0, 0.1) is 13.8 Å². The second-order valence-corrected chi connectivity index (χ2v) is 11.7. The molecule has 1 aliphatic heterocycles. The first kappa shape index (κ1) is 22.3. The molecule has 3 heterocycles. The average molecular weight is 465 g/mol. The highest BCUT2D eigenvalue weighted by atomic mass is 32.2. The molecule has 1 aromatic carbocycles. The number of fused-ring (bicyclic) bond motifs is 1. The number of nitrogens with zero attached hydrogens (tertiary/aromatic N) is 3. The number of rotatable bonds is 5. The van der Waals surface area contributed by atoms with Gasteiger partial charge in [0.2, 0.25) is 10.0 Å². The third kappa shape index (κ3) is 4.62. The van der Waals surface area contributed by atoms with Gasteiger partial charge in [0, 0.05) is 54.0 Å². The molecule has 0 bridgehead atoms. The number of piperidine rings is 1. The molecule has 2 aromatic heterocycles. The van der Waals surface area contributed by atoms with Crippen LogP contribution in [0.15, 0.2) is 42.7 Å². The van der Waals surface area contributed by atoms with E-state index in [0.29, 0.717) is 13.1 Å². The predicted molar refractivity (Wildman–Crippen MR) is 134 cm³/mol. The minimum Gasteiger partial charge on any atom is -0.382 e. The van der Waals surface area contributed by atoms with Crippen LogP contribution in [0.4, 0.5) is 5.69 Å². The van der Waals surface area contributed by atoms with Crippen molar-refractivity contribution in [1.82, 2.24) is 14.3 Å². The van der Waals surface area contributed by atoms with Crippen LogP contribution < -0.4 is 5.32 Å². The van der Waals surface area contributed by atoms with Gasteiger partial charge < -0.3 is 5.32 Å². The summed E-state index contributed by atoms with van der Waals surface area (Å²) in [4.78, 5) is 8.86. The zero-order valence-corrected chi connectivity index (χ0v) is 20.2. The lowest BCUT2D eigenvalue weighted by molar-refractivity contribution is 0.326. The van der Waals surface area contributed by atoms with E-state index in [1.54, 1.807) is 4.31 Å².